The summed E-state index contributed by atoms with van der Waals surface area (Å²) in [5, 5.41) is 11.4. The molecule has 1 aliphatic rings. The molecular weight excluding hydrogens is 334 g/mol. The second-order valence-electron chi connectivity index (χ2n) is 5.23. The second-order valence-corrected chi connectivity index (χ2v) is 6.20. The molecule has 0 saturated carbocycles. The SMILES string of the molecule is CN1CC(=O)N(CCCC(=O)Nc2nnc(-c3ccco3)s2)C1=O. The molecule has 2 aromatic heterocycles. The van der Waals surface area contributed by atoms with Crippen LogP contribution in [-0.4, -0.2) is 58.0 Å². The molecule has 2 aromatic rings. The first kappa shape index (κ1) is 16.1. The number of nitrogens with one attached hydrogen (secondary N) is 1. The van der Waals surface area contributed by atoms with E-state index in [1.54, 1.807) is 19.2 Å². The highest BCUT2D eigenvalue weighted by molar-refractivity contribution is 7.18. The maximum atomic E-state index is 11.9. The van der Waals surface area contributed by atoms with Crippen LogP contribution >= 0.6 is 11.3 Å². The number of amides is 4. The molecule has 3 heterocycles. The predicted octanol–water partition coefficient (Wildman–Crippen LogP) is 1.41. The molecule has 10 heteroatoms. The van der Waals surface area contributed by atoms with Gasteiger partial charge in [0, 0.05) is 20.0 Å². The normalized spacial score (nSPS) is 14.5. The van der Waals surface area contributed by atoms with Crippen molar-refractivity contribution in [3.63, 3.8) is 0 Å². The van der Waals surface area contributed by atoms with Crippen LogP contribution < -0.4 is 5.32 Å². The highest BCUT2D eigenvalue weighted by Gasteiger charge is 2.32. The van der Waals surface area contributed by atoms with Crippen molar-refractivity contribution in [2.24, 2.45) is 0 Å². The number of rotatable bonds is 6. The van der Waals surface area contributed by atoms with Gasteiger partial charge in [-0.3, -0.25) is 14.5 Å². The van der Waals surface area contributed by atoms with Crippen molar-refractivity contribution in [3.05, 3.63) is 18.4 Å². The third kappa shape index (κ3) is 3.43. The fourth-order valence-corrected chi connectivity index (χ4v) is 2.97. The Morgan fingerprint density at radius 2 is 2.25 bits per heavy atom. The summed E-state index contributed by atoms with van der Waals surface area (Å²) >= 11 is 1.21. The smallest absolute Gasteiger partial charge is 0.326 e. The van der Waals surface area contributed by atoms with E-state index >= 15 is 0 Å². The summed E-state index contributed by atoms with van der Waals surface area (Å²) in [4.78, 5) is 37.7. The average molecular weight is 349 g/mol. The zero-order chi connectivity index (χ0) is 17.1. The van der Waals surface area contributed by atoms with Crippen LogP contribution in [-0.2, 0) is 9.59 Å². The van der Waals surface area contributed by atoms with E-state index in [1.165, 1.54) is 22.5 Å². The van der Waals surface area contributed by atoms with Gasteiger partial charge in [-0.2, -0.15) is 0 Å². The molecule has 4 amide bonds. The largest absolute Gasteiger partial charge is 0.462 e. The monoisotopic (exact) mass is 349 g/mol. The van der Waals surface area contributed by atoms with Gasteiger partial charge in [-0.25, -0.2) is 4.79 Å². The fraction of sp³-hybridized carbons (Fsp3) is 0.357. The first-order valence-corrected chi connectivity index (χ1v) is 8.09. The summed E-state index contributed by atoms with van der Waals surface area (Å²) in [6, 6.07) is 3.17. The number of carbonyl (C=O) groups excluding carboxylic acids is 3. The van der Waals surface area contributed by atoms with Gasteiger partial charge in [-0.05, 0) is 18.6 Å². The van der Waals surface area contributed by atoms with E-state index < -0.39 is 0 Å². The molecule has 9 nitrogen and oxygen atoms in total. The minimum atomic E-state index is -0.326. The van der Waals surface area contributed by atoms with E-state index in [9.17, 15) is 14.4 Å². The minimum absolute atomic E-state index is 0.0887. The molecule has 126 valence electrons. The van der Waals surface area contributed by atoms with Crippen LogP contribution in [0, 0.1) is 0 Å². The first-order valence-electron chi connectivity index (χ1n) is 7.27. The molecule has 0 aromatic carbocycles. The molecule has 0 spiro atoms. The summed E-state index contributed by atoms with van der Waals surface area (Å²) in [5.41, 5.74) is 0. The molecule has 0 aliphatic carbocycles. The number of hydrogen-bond acceptors (Lipinski definition) is 7. The number of imide groups is 1. The highest BCUT2D eigenvalue weighted by atomic mass is 32.1. The Kier molecular flexibility index (Phi) is 4.56. The quantitative estimate of drug-likeness (QED) is 0.790. The molecular formula is C14H15N5O4S. The van der Waals surface area contributed by atoms with Crippen molar-refractivity contribution in [1.29, 1.82) is 0 Å². The molecule has 1 fully saturated rings. The lowest BCUT2D eigenvalue weighted by Crippen LogP contribution is -2.32. The fourth-order valence-electron chi connectivity index (χ4n) is 2.24. The van der Waals surface area contributed by atoms with Crippen LogP contribution in [0.15, 0.2) is 22.8 Å². The predicted molar refractivity (Wildman–Crippen MR) is 85.2 cm³/mol. The number of hydrogen-bond donors (Lipinski definition) is 1. The standard InChI is InChI=1S/C14H15N5O4S/c1-18-8-11(21)19(14(18)22)6-2-5-10(20)15-13-17-16-12(24-13)9-4-3-7-23-9/h3-4,7H,2,5-6,8H2,1H3,(H,15,17,20). The van der Waals surface area contributed by atoms with Gasteiger partial charge < -0.3 is 14.6 Å². The van der Waals surface area contributed by atoms with Gasteiger partial charge in [-0.1, -0.05) is 11.3 Å². The first-order chi connectivity index (χ1) is 11.5. The molecule has 0 radical (unpaired) electrons. The lowest BCUT2D eigenvalue weighted by Gasteiger charge is -2.13. The number of urea groups is 1. The minimum Gasteiger partial charge on any atom is -0.462 e. The zero-order valence-electron chi connectivity index (χ0n) is 12.9. The van der Waals surface area contributed by atoms with Crippen molar-refractivity contribution >= 4 is 34.3 Å². The summed E-state index contributed by atoms with van der Waals surface area (Å²) in [5.74, 6) is 0.0999. The van der Waals surface area contributed by atoms with Crippen molar-refractivity contribution in [2.45, 2.75) is 12.8 Å². The van der Waals surface area contributed by atoms with Crippen LogP contribution in [0.1, 0.15) is 12.8 Å². The topological polar surface area (TPSA) is 109 Å². The number of likely N-dealkylation sites (N-methyl/N-ethyl adjacent to an activating group) is 1. The number of anilines is 1. The average Bonchev–Trinajstić information content (AvgIpc) is 3.25. The molecule has 1 N–H and O–H groups in total. The number of furan rings is 1. The number of aromatic nitrogens is 2. The van der Waals surface area contributed by atoms with Crippen molar-refractivity contribution in [1.82, 2.24) is 20.0 Å². The van der Waals surface area contributed by atoms with Crippen molar-refractivity contribution in [2.75, 3.05) is 25.5 Å². The third-order valence-corrected chi connectivity index (χ3v) is 4.27. The van der Waals surface area contributed by atoms with Crippen molar-refractivity contribution in [3.8, 4) is 10.8 Å². The number of nitrogens with zero attached hydrogens (tertiary/aromatic N) is 4. The van der Waals surface area contributed by atoms with E-state index in [2.05, 4.69) is 15.5 Å². The van der Waals surface area contributed by atoms with Crippen molar-refractivity contribution < 1.29 is 18.8 Å². The zero-order valence-corrected chi connectivity index (χ0v) is 13.7. The Labute approximate surface area is 141 Å². The van der Waals surface area contributed by atoms with E-state index in [0.29, 0.717) is 22.3 Å². The lowest BCUT2D eigenvalue weighted by molar-refractivity contribution is -0.125. The molecule has 0 unspecified atom stereocenters. The summed E-state index contributed by atoms with van der Waals surface area (Å²) in [6.45, 7) is 0.314. The summed E-state index contributed by atoms with van der Waals surface area (Å²) < 4.78 is 5.21. The highest BCUT2D eigenvalue weighted by Crippen LogP contribution is 2.26. The van der Waals surface area contributed by atoms with Gasteiger partial charge >= 0.3 is 6.03 Å². The summed E-state index contributed by atoms with van der Waals surface area (Å²) in [6.07, 6.45) is 2.10. The van der Waals surface area contributed by atoms with E-state index in [1.807, 2.05) is 0 Å². The number of carbonyl (C=O) groups is 3. The van der Waals surface area contributed by atoms with E-state index in [-0.39, 0.29) is 37.4 Å². The molecule has 0 atom stereocenters. The van der Waals surface area contributed by atoms with Gasteiger partial charge in [0.2, 0.25) is 16.9 Å². The van der Waals surface area contributed by atoms with Crippen LogP contribution in [0.4, 0.5) is 9.93 Å². The molecule has 3 rings (SSSR count). The third-order valence-electron chi connectivity index (χ3n) is 3.42. The Morgan fingerprint density at radius 3 is 2.92 bits per heavy atom. The molecule has 24 heavy (non-hydrogen) atoms. The van der Waals surface area contributed by atoms with Crippen LogP contribution in [0.3, 0.4) is 0 Å². The second kappa shape index (κ2) is 6.79. The maximum absolute atomic E-state index is 11.9. The Balaban J connectivity index is 1.46. The Bertz CT molecular complexity index is 757. The van der Waals surface area contributed by atoms with Crippen LogP contribution in [0.2, 0.25) is 0 Å². The van der Waals surface area contributed by atoms with Gasteiger partial charge in [0.25, 0.3) is 0 Å². The van der Waals surface area contributed by atoms with Gasteiger partial charge in [0.15, 0.2) is 10.8 Å². The van der Waals surface area contributed by atoms with Gasteiger partial charge in [0.1, 0.15) is 6.54 Å². The molecule has 1 saturated heterocycles. The lowest BCUT2D eigenvalue weighted by atomic mass is 10.3. The molecule has 1 aliphatic heterocycles. The van der Waals surface area contributed by atoms with Gasteiger partial charge in [0.05, 0.1) is 6.26 Å². The Hall–Kier alpha value is -2.75. The van der Waals surface area contributed by atoms with Gasteiger partial charge in [-0.15, -0.1) is 10.2 Å². The van der Waals surface area contributed by atoms with Crippen LogP contribution in [0.5, 0.6) is 0 Å². The Morgan fingerprint density at radius 1 is 1.42 bits per heavy atom. The van der Waals surface area contributed by atoms with E-state index in [4.69, 9.17) is 4.42 Å². The van der Waals surface area contributed by atoms with Crippen LogP contribution in [0.25, 0.3) is 10.8 Å². The summed E-state index contributed by atoms with van der Waals surface area (Å²) in [7, 11) is 1.57. The maximum Gasteiger partial charge on any atom is 0.326 e. The van der Waals surface area contributed by atoms with E-state index in [0.717, 1.165) is 4.90 Å². The molecule has 0 bridgehead atoms.